The van der Waals surface area contributed by atoms with Crippen LogP contribution in [0.4, 0.5) is 11.6 Å². The standard InChI is InChI=1S/C18H24N4O3/c1-13-14(2)19-18-21(15-5-7-16(25-3)8-6-15)11-20(9-4-10-23)12-22(18)17(13)24/h5-8,23H,4,9-12H2,1-3H3. The molecule has 3 rings (SSSR count). The van der Waals surface area contributed by atoms with Gasteiger partial charge in [-0.05, 0) is 44.5 Å². The van der Waals surface area contributed by atoms with Crippen LogP contribution in [0.15, 0.2) is 29.1 Å². The van der Waals surface area contributed by atoms with Crippen LogP contribution >= 0.6 is 0 Å². The van der Waals surface area contributed by atoms with Gasteiger partial charge >= 0.3 is 0 Å². The molecule has 0 spiro atoms. The van der Waals surface area contributed by atoms with E-state index in [4.69, 9.17) is 9.84 Å². The number of hydrogen-bond donors (Lipinski definition) is 1. The zero-order valence-electron chi connectivity index (χ0n) is 14.9. The van der Waals surface area contributed by atoms with Crippen molar-refractivity contribution in [2.24, 2.45) is 0 Å². The van der Waals surface area contributed by atoms with E-state index >= 15 is 0 Å². The zero-order valence-corrected chi connectivity index (χ0v) is 14.9. The molecule has 2 heterocycles. The fourth-order valence-corrected chi connectivity index (χ4v) is 2.98. The Morgan fingerprint density at radius 2 is 1.92 bits per heavy atom. The van der Waals surface area contributed by atoms with Crippen LogP contribution in [0.3, 0.4) is 0 Å². The summed E-state index contributed by atoms with van der Waals surface area (Å²) in [5, 5.41) is 9.13. The fourth-order valence-electron chi connectivity index (χ4n) is 2.98. The quantitative estimate of drug-likeness (QED) is 0.889. The van der Waals surface area contributed by atoms with Crippen molar-refractivity contribution in [2.45, 2.75) is 26.9 Å². The van der Waals surface area contributed by atoms with Gasteiger partial charge in [0.15, 0.2) is 0 Å². The largest absolute Gasteiger partial charge is 0.497 e. The molecule has 0 aliphatic carbocycles. The second kappa shape index (κ2) is 7.25. The van der Waals surface area contributed by atoms with E-state index in [2.05, 4.69) is 9.88 Å². The van der Waals surface area contributed by atoms with Crippen molar-refractivity contribution in [3.05, 3.63) is 45.9 Å². The SMILES string of the molecule is COc1ccc(N2CN(CCCO)Cn3c2nc(C)c(C)c3=O)cc1. The van der Waals surface area contributed by atoms with Crippen LogP contribution in [0.25, 0.3) is 0 Å². The first-order chi connectivity index (χ1) is 12.0. The van der Waals surface area contributed by atoms with Crippen LogP contribution in [0.1, 0.15) is 17.7 Å². The monoisotopic (exact) mass is 344 g/mol. The molecule has 25 heavy (non-hydrogen) atoms. The van der Waals surface area contributed by atoms with Gasteiger partial charge in [-0.15, -0.1) is 0 Å². The van der Waals surface area contributed by atoms with Gasteiger partial charge in [0.2, 0.25) is 5.95 Å². The molecule has 0 atom stereocenters. The summed E-state index contributed by atoms with van der Waals surface area (Å²) in [6.45, 7) is 5.61. The van der Waals surface area contributed by atoms with E-state index < -0.39 is 0 Å². The number of fused-ring (bicyclic) bond motifs is 1. The predicted molar refractivity (Wildman–Crippen MR) is 96.4 cm³/mol. The minimum absolute atomic E-state index is 0.0188. The molecule has 1 aromatic carbocycles. The van der Waals surface area contributed by atoms with Crippen molar-refractivity contribution < 1.29 is 9.84 Å². The van der Waals surface area contributed by atoms with Crippen LogP contribution in [0.5, 0.6) is 5.75 Å². The Morgan fingerprint density at radius 3 is 2.56 bits per heavy atom. The highest BCUT2D eigenvalue weighted by atomic mass is 16.5. The maximum atomic E-state index is 12.7. The summed E-state index contributed by atoms with van der Waals surface area (Å²) in [4.78, 5) is 21.6. The average Bonchev–Trinajstić information content (AvgIpc) is 2.64. The molecule has 2 aromatic rings. The molecule has 7 heteroatoms. The number of methoxy groups -OCH3 is 1. The summed E-state index contributed by atoms with van der Waals surface area (Å²) >= 11 is 0. The van der Waals surface area contributed by atoms with E-state index in [-0.39, 0.29) is 12.2 Å². The van der Waals surface area contributed by atoms with Gasteiger partial charge in [-0.3, -0.25) is 19.2 Å². The molecule has 134 valence electrons. The minimum atomic E-state index is -0.0188. The average molecular weight is 344 g/mol. The molecule has 1 N–H and O–H groups in total. The molecule has 0 unspecified atom stereocenters. The third kappa shape index (κ3) is 3.38. The number of aromatic nitrogens is 2. The van der Waals surface area contributed by atoms with E-state index in [0.717, 1.165) is 17.1 Å². The summed E-state index contributed by atoms with van der Waals surface area (Å²) in [7, 11) is 1.63. The highest BCUT2D eigenvalue weighted by Crippen LogP contribution is 2.29. The molecule has 0 saturated heterocycles. The highest BCUT2D eigenvalue weighted by Gasteiger charge is 2.26. The van der Waals surface area contributed by atoms with E-state index in [0.29, 0.717) is 37.8 Å². The molecule has 1 aliphatic heterocycles. The maximum Gasteiger partial charge on any atom is 0.259 e. The van der Waals surface area contributed by atoms with Gasteiger partial charge in [0.25, 0.3) is 5.56 Å². The van der Waals surface area contributed by atoms with Crippen LogP contribution in [0, 0.1) is 13.8 Å². The smallest absolute Gasteiger partial charge is 0.259 e. The van der Waals surface area contributed by atoms with Crippen molar-refractivity contribution in [1.29, 1.82) is 0 Å². The van der Waals surface area contributed by atoms with Gasteiger partial charge in [-0.25, -0.2) is 4.98 Å². The number of anilines is 2. The lowest BCUT2D eigenvalue weighted by Crippen LogP contribution is -2.48. The topological polar surface area (TPSA) is 70.8 Å². The Bertz CT molecular complexity index is 801. The molecular weight excluding hydrogens is 320 g/mol. The second-order valence-electron chi connectivity index (χ2n) is 6.24. The molecule has 0 bridgehead atoms. The number of nitrogens with zero attached hydrogens (tertiary/aromatic N) is 4. The van der Waals surface area contributed by atoms with Crippen molar-refractivity contribution in [2.75, 3.05) is 31.8 Å². The van der Waals surface area contributed by atoms with Gasteiger partial charge in [-0.2, -0.15) is 0 Å². The van der Waals surface area contributed by atoms with Gasteiger partial charge in [-0.1, -0.05) is 0 Å². The zero-order chi connectivity index (χ0) is 18.0. The Labute approximate surface area is 147 Å². The van der Waals surface area contributed by atoms with Crippen LogP contribution in [0.2, 0.25) is 0 Å². The van der Waals surface area contributed by atoms with Gasteiger partial charge in [0.1, 0.15) is 5.75 Å². The first-order valence-corrected chi connectivity index (χ1v) is 8.38. The minimum Gasteiger partial charge on any atom is -0.497 e. The fraction of sp³-hybridized carbons (Fsp3) is 0.444. The Morgan fingerprint density at radius 1 is 1.20 bits per heavy atom. The van der Waals surface area contributed by atoms with Crippen molar-refractivity contribution in [3.63, 3.8) is 0 Å². The molecule has 0 fully saturated rings. The first-order valence-electron chi connectivity index (χ1n) is 8.38. The van der Waals surface area contributed by atoms with Crippen LogP contribution < -0.4 is 15.2 Å². The lowest BCUT2D eigenvalue weighted by molar-refractivity contribution is 0.175. The summed E-state index contributed by atoms with van der Waals surface area (Å²) < 4.78 is 6.93. The lowest BCUT2D eigenvalue weighted by atomic mass is 10.2. The van der Waals surface area contributed by atoms with Gasteiger partial charge in [0.05, 0.1) is 20.4 Å². The molecule has 0 radical (unpaired) electrons. The third-order valence-corrected chi connectivity index (χ3v) is 4.56. The van der Waals surface area contributed by atoms with Crippen molar-refractivity contribution in [3.8, 4) is 5.75 Å². The van der Waals surface area contributed by atoms with Crippen LogP contribution in [-0.2, 0) is 6.67 Å². The van der Waals surface area contributed by atoms with Crippen LogP contribution in [-0.4, -0.2) is 46.5 Å². The van der Waals surface area contributed by atoms with Gasteiger partial charge in [0, 0.05) is 30.1 Å². The third-order valence-electron chi connectivity index (χ3n) is 4.56. The van der Waals surface area contributed by atoms with Gasteiger partial charge < -0.3 is 9.84 Å². The maximum absolute atomic E-state index is 12.7. The number of aryl methyl sites for hydroxylation is 1. The summed E-state index contributed by atoms with van der Waals surface area (Å²) in [5.74, 6) is 1.43. The summed E-state index contributed by atoms with van der Waals surface area (Å²) in [6.07, 6.45) is 0.665. The molecular formula is C18H24N4O3. The molecule has 1 aliphatic rings. The van der Waals surface area contributed by atoms with E-state index in [1.165, 1.54) is 0 Å². The normalized spacial score (nSPS) is 14.5. The van der Waals surface area contributed by atoms with E-state index in [1.807, 2.05) is 43.0 Å². The second-order valence-corrected chi connectivity index (χ2v) is 6.24. The highest BCUT2D eigenvalue weighted by molar-refractivity contribution is 5.59. The summed E-state index contributed by atoms with van der Waals surface area (Å²) in [5.41, 5.74) is 2.34. The number of benzene rings is 1. The summed E-state index contributed by atoms with van der Waals surface area (Å²) in [6, 6.07) is 7.71. The Kier molecular flexibility index (Phi) is 5.06. The number of ether oxygens (including phenoxy) is 1. The molecule has 0 amide bonds. The molecule has 7 nitrogen and oxygen atoms in total. The predicted octanol–water partition coefficient (Wildman–Crippen LogP) is 1.62. The lowest BCUT2D eigenvalue weighted by Gasteiger charge is -2.38. The number of hydrogen-bond acceptors (Lipinski definition) is 6. The van der Waals surface area contributed by atoms with Crippen molar-refractivity contribution in [1.82, 2.24) is 14.5 Å². The van der Waals surface area contributed by atoms with E-state index in [1.54, 1.807) is 11.7 Å². The number of rotatable bonds is 5. The molecule has 0 saturated carbocycles. The number of aliphatic hydroxyl groups is 1. The first kappa shape index (κ1) is 17.4. The van der Waals surface area contributed by atoms with Crippen molar-refractivity contribution >= 4 is 11.6 Å². The number of aliphatic hydroxyl groups excluding tert-OH is 1. The van der Waals surface area contributed by atoms with E-state index in [9.17, 15) is 4.79 Å². The molecule has 1 aromatic heterocycles. The Balaban J connectivity index is 2.05. The Hall–Kier alpha value is -2.38.